The molecule has 1 aliphatic rings. The van der Waals surface area contributed by atoms with Gasteiger partial charge in [0.25, 0.3) is 10.0 Å². The Morgan fingerprint density at radius 3 is 2.49 bits per heavy atom. The smallest absolute Gasteiger partial charge is 0.401 e. The van der Waals surface area contributed by atoms with Gasteiger partial charge < -0.3 is 9.47 Å². The number of methoxy groups -OCH3 is 1. The molecule has 1 fully saturated rings. The zero-order valence-corrected chi connectivity index (χ0v) is 23.6. The van der Waals surface area contributed by atoms with Gasteiger partial charge in [0, 0.05) is 36.1 Å². The lowest BCUT2D eigenvalue weighted by atomic mass is 10.1. The number of anilines is 1. The molecule has 5 rings (SSSR count). The van der Waals surface area contributed by atoms with Crippen LogP contribution in [0.2, 0.25) is 5.02 Å². The summed E-state index contributed by atoms with van der Waals surface area (Å²) < 4.78 is 78.0. The molecule has 0 amide bonds. The molecule has 1 saturated heterocycles. The number of nitrogens with zero attached hydrogens (tertiary/aromatic N) is 4. The van der Waals surface area contributed by atoms with Crippen LogP contribution in [0.4, 0.5) is 18.9 Å². The van der Waals surface area contributed by atoms with Crippen LogP contribution >= 0.6 is 11.6 Å². The van der Waals surface area contributed by atoms with Crippen molar-refractivity contribution in [2.75, 3.05) is 31.5 Å². The molecule has 2 aromatic heterocycles. The monoisotopic (exact) mass is 610 g/mol. The van der Waals surface area contributed by atoms with Crippen molar-refractivity contribution in [2.45, 2.75) is 36.9 Å². The van der Waals surface area contributed by atoms with Gasteiger partial charge in [-0.05, 0) is 56.2 Å². The predicted molar refractivity (Wildman–Crippen MR) is 147 cm³/mol. The van der Waals surface area contributed by atoms with Gasteiger partial charge in [-0.25, -0.2) is 13.4 Å². The molecule has 0 unspecified atom stereocenters. The number of fused-ring (bicyclic) bond motifs is 1. The first-order valence-corrected chi connectivity index (χ1v) is 14.4. The number of hydrogen-bond donors (Lipinski definition) is 2. The first-order chi connectivity index (χ1) is 19.4. The van der Waals surface area contributed by atoms with Crippen molar-refractivity contribution in [1.29, 1.82) is 0 Å². The molecule has 2 N–H and O–H groups in total. The molecule has 0 aliphatic carbocycles. The van der Waals surface area contributed by atoms with E-state index in [1.807, 2.05) is 0 Å². The molecule has 0 spiro atoms. The van der Waals surface area contributed by atoms with E-state index in [4.69, 9.17) is 21.1 Å². The van der Waals surface area contributed by atoms with Gasteiger partial charge in [0.15, 0.2) is 11.5 Å². The highest BCUT2D eigenvalue weighted by Gasteiger charge is 2.33. The molecular weight excluding hydrogens is 585 g/mol. The zero-order chi connectivity index (χ0) is 29.4. The second kappa shape index (κ2) is 11.3. The van der Waals surface area contributed by atoms with Crippen molar-refractivity contribution in [3.63, 3.8) is 0 Å². The summed E-state index contributed by atoms with van der Waals surface area (Å²) in [5.41, 5.74) is 1.91. The molecule has 15 heteroatoms. The normalized spacial score (nSPS) is 15.3. The fraction of sp³-hybridized carbons (Fsp3) is 0.346. The Hall–Kier alpha value is -3.62. The number of sulfonamides is 1. The number of ether oxygens (including phenoxy) is 2. The summed E-state index contributed by atoms with van der Waals surface area (Å²) in [4.78, 5) is 10.4. The second-order valence-corrected chi connectivity index (χ2v) is 11.6. The standard InChI is InChI=1S/C26H26ClF3N6O4S/c1-15-22-24(34-33-15)31-23(32-25(22)40-18-9-11-36(12-10-18)14-26(28,29)30)16-3-5-17(6-4-16)35-41(37,38)21-13-19(39-2)7-8-20(21)27/h3-8,13,18,35H,9-12,14H2,1-2H3,(H,31,32,33,34). The molecule has 218 valence electrons. The van der Waals surface area contributed by atoms with Gasteiger partial charge in [0.1, 0.15) is 22.1 Å². The number of alkyl halides is 3. The summed E-state index contributed by atoms with van der Waals surface area (Å²) in [5, 5.41) is 7.73. The van der Waals surface area contributed by atoms with Crippen LogP contribution in [-0.2, 0) is 10.0 Å². The highest BCUT2D eigenvalue weighted by Crippen LogP contribution is 2.32. The third-order valence-corrected chi connectivity index (χ3v) is 8.46. The molecule has 1 aliphatic heterocycles. The SMILES string of the molecule is COc1ccc(Cl)c(S(=O)(=O)Nc2ccc(-c3nc(OC4CCN(CC(F)(F)F)CC4)c4c(C)[nH]nc4n3)cc2)c1. The van der Waals surface area contributed by atoms with Crippen LogP contribution in [0.3, 0.4) is 0 Å². The lowest BCUT2D eigenvalue weighted by Gasteiger charge is -2.32. The van der Waals surface area contributed by atoms with Crippen molar-refractivity contribution in [2.24, 2.45) is 0 Å². The Labute approximate surface area is 238 Å². The summed E-state index contributed by atoms with van der Waals surface area (Å²) in [5.74, 6) is 0.915. The maximum Gasteiger partial charge on any atom is 0.401 e. The molecule has 4 aromatic rings. The van der Waals surface area contributed by atoms with Crippen molar-refractivity contribution >= 4 is 38.3 Å². The van der Waals surface area contributed by atoms with E-state index in [2.05, 4.69) is 24.9 Å². The van der Waals surface area contributed by atoms with Crippen molar-refractivity contribution in [3.05, 3.63) is 53.2 Å². The average molecular weight is 611 g/mol. The van der Waals surface area contributed by atoms with Gasteiger partial charge in [-0.3, -0.25) is 14.7 Å². The quantitative estimate of drug-likeness (QED) is 0.279. The van der Waals surface area contributed by atoms with Gasteiger partial charge in [0.05, 0.1) is 18.7 Å². The van der Waals surface area contributed by atoms with E-state index < -0.39 is 22.7 Å². The lowest BCUT2D eigenvalue weighted by Crippen LogP contribution is -2.42. The Kier molecular flexibility index (Phi) is 7.99. The van der Waals surface area contributed by atoms with Gasteiger partial charge in [-0.1, -0.05) is 11.6 Å². The largest absolute Gasteiger partial charge is 0.497 e. The van der Waals surface area contributed by atoms with E-state index in [1.54, 1.807) is 37.3 Å². The fourth-order valence-electron chi connectivity index (χ4n) is 4.56. The molecule has 0 atom stereocenters. The number of halogens is 4. The number of aromatic nitrogens is 4. The average Bonchev–Trinajstić information content (AvgIpc) is 3.30. The molecule has 3 heterocycles. The van der Waals surface area contributed by atoms with Crippen molar-refractivity contribution < 1.29 is 31.1 Å². The molecule has 0 bridgehead atoms. The van der Waals surface area contributed by atoms with Gasteiger partial charge in [-0.2, -0.15) is 23.3 Å². The second-order valence-electron chi connectivity index (χ2n) is 9.59. The predicted octanol–water partition coefficient (Wildman–Crippen LogP) is 5.20. The number of benzene rings is 2. The van der Waals surface area contributed by atoms with Crippen molar-refractivity contribution in [1.82, 2.24) is 25.1 Å². The molecule has 2 aromatic carbocycles. The summed E-state index contributed by atoms with van der Waals surface area (Å²) >= 11 is 6.12. The Bertz CT molecular complexity index is 1660. The van der Waals surface area contributed by atoms with Gasteiger partial charge in [0.2, 0.25) is 5.88 Å². The number of piperidine rings is 1. The van der Waals surface area contributed by atoms with Crippen LogP contribution in [-0.4, -0.2) is 72.5 Å². The molecule has 10 nitrogen and oxygen atoms in total. The first-order valence-electron chi connectivity index (χ1n) is 12.6. The Morgan fingerprint density at radius 2 is 1.83 bits per heavy atom. The lowest BCUT2D eigenvalue weighted by molar-refractivity contribution is -0.149. The van der Waals surface area contributed by atoms with Crippen LogP contribution in [0.15, 0.2) is 47.4 Å². The van der Waals surface area contributed by atoms with Crippen LogP contribution in [0, 0.1) is 6.92 Å². The summed E-state index contributed by atoms with van der Waals surface area (Å²) in [6.07, 6.45) is -3.73. The van der Waals surface area contributed by atoms with E-state index >= 15 is 0 Å². The van der Waals surface area contributed by atoms with Crippen LogP contribution in [0.1, 0.15) is 18.5 Å². The number of H-pyrrole nitrogens is 1. The summed E-state index contributed by atoms with van der Waals surface area (Å²) in [7, 11) is -2.59. The minimum Gasteiger partial charge on any atom is -0.497 e. The number of aryl methyl sites for hydroxylation is 1. The number of aromatic amines is 1. The number of likely N-dealkylation sites (tertiary alicyclic amines) is 1. The number of nitrogens with one attached hydrogen (secondary N) is 2. The minimum atomic E-state index is -4.24. The van der Waals surface area contributed by atoms with Crippen molar-refractivity contribution in [3.8, 4) is 23.0 Å². The Morgan fingerprint density at radius 1 is 1.12 bits per heavy atom. The third-order valence-electron chi connectivity index (χ3n) is 6.60. The van der Waals surface area contributed by atoms with Crippen LogP contribution in [0.25, 0.3) is 22.4 Å². The first kappa shape index (κ1) is 28.9. The van der Waals surface area contributed by atoms with E-state index in [0.29, 0.717) is 46.7 Å². The number of rotatable bonds is 8. The van der Waals surface area contributed by atoms with Gasteiger partial charge in [-0.15, -0.1) is 0 Å². The van der Waals surface area contributed by atoms with Crippen LogP contribution in [0.5, 0.6) is 11.6 Å². The zero-order valence-electron chi connectivity index (χ0n) is 22.0. The maximum atomic E-state index is 13.0. The molecule has 0 radical (unpaired) electrons. The van der Waals surface area contributed by atoms with Crippen LogP contribution < -0.4 is 14.2 Å². The number of hydrogen-bond acceptors (Lipinski definition) is 8. The molecular formula is C26H26ClF3N6O4S. The highest BCUT2D eigenvalue weighted by atomic mass is 35.5. The van der Waals surface area contributed by atoms with Gasteiger partial charge >= 0.3 is 6.18 Å². The van der Waals surface area contributed by atoms with E-state index in [0.717, 1.165) is 0 Å². The third kappa shape index (κ3) is 6.66. The molecule has 0 saturated carbocycles. The summed E-state index contributed by atoms with van der Waals surface area (Å²) in [6.45, 7) is 1.37. The fourth-order valence-corrected chi connectivity index (χ4v) is 6.13. The van der Waals surface area contributed by atoms with E-state index in [-0.39, 0.29) is 40.7 Å². The summed E-state index contributed by atoms with van der Waals surface area (Å²) in [6, 6.07) is 10.7. The van der Waals surface area contributed by atoms with E-state index in [1.165, 1.54) is 24.1 Å². The molecule has 41 heavy (non-hydrogen) atoms. The maximum absolute atomic E-state index is 13.0. The van der Waals surface area contributed by atoms with E-state index in [9.17, 15) is 21.6 Å². The Balaban J connectivity index is 1.35. The highest BCUT2D eigenvalue weighted by molar-refractivity contribution is 7.92. The topological polar surface area (TPSA) is 122 Å². The minimum absolute atomic E-state index is 0.0458.